The van der Waals surface area contributed by atoms with Gasteiger partial charge in [-0.3, -0.25) is 5.10 Å². The summed E-state index contributed by atoms with van der Waals surface area (Å²) < 4.78 is 4.82. The first-order chi connectivity index (χ1) is 6.88. The summed E-state index contributed by atoms with van der Waals surface area (Å²) in [6.45, 7) is 0.634. The lowest BCUT2D eigenvalue weighted by molar-refractivity contribution is 0.382. The predicted octanol–water partition coefficient (Wildman–Crippen LogP) is 0.148. The van der Waals surface area contributed by atoms with Crippen molar-refractivity contribution in [2.45, 2.75) is 6.54 Å². The number of anilines is 1. The van der Waals surface area contributed by atoms with Gasteiger partial charge in [0.2, 0.25) is 5.95 Å². The highest BCUT2D eigenvalue weighted by Crippen LogP contribution is 2.05. The van der Waals surface area contributed by atoms with Crippen molar-refractivity contribution >= 4 is 5.95 Å². The SMILES string of the molecule is COc1n[nH]c(NCc2cn[nH]c2)n1. The molecule has 0 unspecified atom stereocenters. The summed E-state index contributed by atoms with van der Waals surface area (Å²) in [5, 5.41) is 16.1. The molecule has 0 radical (unpaired) electrons. The van der Waals surface area contributed by atoms with Gasteiger partial charge in [0.05, 0.1) is 13.3 Å². The molecule has 2 rings (SSSR count). The highest BCUT2D eigenvalue weighted by molar-refractivity contribution is 5.25. The maximum absolute atomic E-state index is 4.82. The van der Waals surface area contributed by atoms with Gasteiger partial charge in [0.25, 0.3) is 0 Å². The number of methoxy groups -OCH3 is 1. The zero-order valence-corrected chi connectivity index (χ0v) is 7.61. The monoisotopic (exact) mass is 194 g/mol. The Labute approximate surface area is 79.9 Å². The van der Waals surface area contributed by atoms with Crippen molar-refractivity contribution in [3.05, 3.63) is 18.0 Å². The summed E-state index contributed by atoms with van der Waals surface area (Å²) in [5.41, 5.74) is 1.04. The van der Waals surface area contributed by atoms with E-state index in [2.05, 4.69) is 30.7 Å². The molecule has 2 aromatic rings. The third kappa shape index (κ3) is 1.82. The number of hydrogen-bond acceptors (Lipinski definition) is 5. The Bertz CT molecular complexity index is 381. The van der Waals surface area contributed by atoms with E-state index >= 15 is 0 Å². The summed E-state index contributed by atoms with van der Waals surface area (Å²) in [7, 11) is 1.52. The molecule has 74 valence electrons. The number of hydrogen-bond donors (Lipinski definition) is 3. The minimum atomic E-state index is 0.319. The second kappa shape index (κ2) is 3.77. The van der Waals surface area contributed by atoms with Gasteiger partial charge in [0.1, 0.15) is 0 Å². The smallest absolute Gasteiger partial charge is 0.336 e. The van der Waals surface area contributed by atoms with Crippen molar-refractivity contribution in [3.63, 3.8) is 0 Å². The summed E-state index contributed by atoms with van der Waals surface area (Å²) >= 11 is 0. The summed E-state index contributed by atoms with van der Waals surface area (Å²) in [4.78, 5) is 4.00. The van der Waals surface area contributed by atoms with Crippen LogP contribution in [-0.4, -0.2) is 32.5 Å². The first kappa shape index (κ1) is 8.54. The predicted molar refractivity (Wildman–Crippen MR) is 48.8 cm³/mol. The van der Waals surface area contributed by atoms with E-state index in [1.54, 1.807) is 12.4 Å². The zero-order valence-electron chi connectivity index (χ0n) is 7.61. The Hall–Kier alpha value is -2.05. The van der Waals surface area contributed by atoms with Crippen molar-refractivity contribution in [3.8, 4) is 6.01 Å². The molecule has 0 amide bonds. The number of aromatic nitrogens is 5. The fourth-order valence-electron chi connectivity index (χ4n) is 0.977. The topological polar surface area (TPSA) is 91.5 Å². The van der Waals surface area contributed by atoms with Crippen molar-refractivity contribution in [1.29, 1.82) is 0 Å². The van der Waals surface area contributed by atoms with Gasteiger partial charge < -0.3 is 10.1 Å². The van der Waals surface area contributed by atoms with E-state index in [1.807, 2.05) is 0 Å². The molecule has 7 nitrogen and oxygen atoms in total. The van der Waals surface area contributed by atoms with Crippen molar-refractivity contribution in [1.82, 2.24) is 25.4 Å². The maximum Gasteiger partial charge on any atom is 0.336 e. The average molecular weight is 194 g/mol. The lowest BCUT2D eigenvalue weighted by Crippen LogP contribution is -1.99. The van der Waals surface area contributed by atoms with Crippen LogP contribution in [0.1, 0.15) is 5.56 Å². The Balaban J connectivity index is 1.92. The molecule has 0 fully saturated rings. The molecule has 0 aliphatic rings. The van der Waals surface area contributed by atoms with Crippen LogP contribution >= 0.6 is 0 Å². The van der Waals surface area contributed by atoms with E-state index in [0.29, 0.717) is 18.5 Å². The van der Waals surface area contributed by atoms with E-state index in [0.717, 1.165) is 5.56 Å². The second-order valence-corrected chi connectivity index (χ2v) is 2.63. The molecule has 0 bridgehead atoms. The standard InChI is InChI=1S/C7H10N6O/c1-14-7-11-6(12-13-7)8-2-5-3-9-10-4-5/h3-4H,2H2,1H3,(H,9,10)(H2,8,11,12,13). The van der Waals surface area contributed by atoms with Gasteiger partial charge in [-0.2, -0.15) is 10.1 Å². The van der Waals surface area contributed by atoms with E-state index in [-0.39, 0.29) is 0 Å². The highest BCUT2D eigenvalue weighted by atomic mass is 16.5. The lowest BCUT2D eigenvalue weighted by Gasteiger charge is -1.97. The summed E-state index contributed by atoms with van der Waals surface area (Å²) in [6, 6.07) is 0.319. The van der Waals surface area contributed by atoms with Gasteiger partial charge in [0, 0.05) is 18.3 Å². The Morgan fingerprint density at radius 3 is 3.14 bits per heavy atom. The number of nitrogens with one attached hydrogen (secondary N) is 3. The molecule has 0 atom stereocenters. The van der Waals surface area contributed by atoms with Gasteiger partial charge >= 0.3 is 6.01 Å². The average Bonchev–Trinajstić information content (AvgIpc) is 2.86. The van der Waals surface area contributed by atoms with E-state index in [9.17, 15) is 0 Å². The Morgan fingerprint density at radius 2 is 2.50 bits per heavy atom. The molecule has 0 saturated heterocycles. The first-order valence-electron chi connectivity index (χ1n) is 4.06. The fourth-order valence-corrected chi connectivity index (χ4v) is 0.977. The fraction of sp³-hybridized carbons (Fsp3) is 0.286. The van der Waals surface area contributed by atoms with Crippen LogP contribution in [0.5, 0.6) is 6.01 Å². The van der Waals surface area contributed by atoms with E-state index in [4.69, 9.17) is 4.74 Å². The summed E-state index contributed by atoms with van der Waals surface area (Å²) in [5.74, 6) is 0.572. The van der Waals surface area contributed by atoms with Crippen LogP contribution in [0.25, 0.3) is 0 Å². The van der Waals surface area contributed by atoms with Gasteiger partial charge in [-0.25, -0.2) is 5.10 Å². The van der Waals surface area contributed by atoms with Gasteiger partial charge in [0.15, 0.2) is 0 Å². The van der Waals surface area contributed by atoms with Crippen LogP contribution in [-0.2, 0) is 6.54 Å². The minimum absolute atomic E-state index is 0.319. The molecule has 0 aliphatic heterocycles. The third-order valence-corrected chi connectivity index (χ3v) is 1.66. The maximum atomic E-state index is 4.82. The number of H-pyrrole nitrogens is 2. The molecule has 7 heteroatoms. The molecule has 3 N–H and O–H groups in total. The molecular formula is C7H10N6O. The van der Waals surface area contributed by atoms with Crippen LogP contribution in [0.4, 0.5) is 5.95 Å². The molecule has 0 aromatic carbocycles. The molecule has 0 saturated carbocycles. The molecular weight excluding hydrogens is 184 g/mol. The number of aromatic amines is 2. The molecule has 2 heterocycles. The number of nitrogens with zero attached hydrogens (tertiary/aromatic N) is 3. The third-order valence-electron chi connectivity index (χ3n) is 1.66. The molecule has 14 heavy (non-hydrogen) atoms. The van der Waals surface area contributed by atoms with Crippen molar-refractivity contribution in [2.75, 3.05) is 12.4 Å². The van der Waals surface area contributed by atoms with Crippen LogP contribution < -0.4 is 10.1 Å². The van der Waals surface area contributed by atoms with Crippen LogP contribution in [0.3, 0.4) is 0 Å². The molecule has 0 spiro atoms. The first-order valence-corrected chi connectivity index (χ1v) is 4.06. The van der Waals surface area contributed by atoms with Crippen LogP contribution in [0.15, 0.2) is 12.4 Å². The summed E-state index contributed by atoms with van der Waals surface area (Å²) in [6.07, 6.45) is 3.54. The van der Waals surface area contributed by atoms with Crippen LogP contribution in [0, 0.1) is 0 Å². The largest absolute Gasteiger partial charge is 0.466 e. The molecule has 0 aliphatic carbocycles. The zero-order chi connectivity index (χ0) is 9.80. The minimum Gasteiger partial charge on any atom is -0.466 e. The quantitative estimate of drug-likeness (QED) is 0.644. The normalized spacial score (nSPS) is 10.1. The van der Waals surface area contributed by atoms with Crippen LogP contribution in [0.2, 0.25) is 0 Å². The van der Waals surface area contributed by atoms with Gasteiger partial charge in [-0.15, -0.1) is 5.10 Å². The highest BCUT2D eigenvalue weighted by Gasteiger charge is 2.01. The number of rotatable bonds is 4. The number of ether oxygens (including phenoxy) is 1. The van der Waals surface area contributed by atoms with Crippen molar-refractivity contribution in [2.24, 2.45) is 0 Å². The Kier molecular flexibility index (Phi) is 2.30. The second-order valence-electron chi connectivity index (χ2n) is 2.63. The van der Waals surface area contributed by atoms with E-state index < -0.39 is 0 Å². The van der Waals surface area contributed by atoms with Crippen molar-refractivity contribution < 1.29 is 4.74 Å². The van der Waals surface area contributed by atoms with E-state index in [1.165, 1.54) is 7.11 Å². The lowest BCUT2D eigenvalue weighted by atomic mass is 10.4. The Morgan fingerprint density at radius 1 is 1.57 bits per heavy atom. The van der Waals surface area contributed by atoms with Gasteiger partial charge in [-0.1, -0.05) is 0 Å². The van der Waals surface area contributed by atoms with Gasteiger partial charge in [-0.05, 0) is 0 Å². The molecule has 2 aromatic heterocycles.